The summed E-state index contributed by atoms with van der Waals surface area (Å²) in [6.45, 7) is 3.20. The van der Waals surface area contributed by atoms with Crippen molar-refractivity contribution in [1.82, 2.24) is 19.9 Å². The molecule has 4 aromatic rings. The molecular weight excluding hydrogens is 400 g/mol. The topological polar surface area (TPSA) is 68.1 Å². The minimum Gasteiger partial charge on any atom is -0.362 e. The number of Topliss-reactive ketones (excluding diaryl/α,β-unsaturated/α-hetero) is 2. The maximum Gasteiger partial charge on any atom is 0.214 e. The van der Waals surface area contributed by atoms with Gasteiger partial charge in [0.05, 0.1) is 5.52 Å². The number of allylic oxidation sites excluding steroid dienone is 2. The molecule has 0 saturated heterocycles. The van der Waals surface area contributed by atoms with E-state index < -0.39 is 0 Å². The van der Waals surface area contributed by atoms with E-state index in [0.717, 1.165) is 12.0 Å². The van der Waals surface area contributed by atoms with E-state index in [9.17, 15) is 9.59 Å². The number of aromatic nitrogens is 3. The van der Waals surface area contributed by atoms with Gasteiger partial charge in [-0.1, -0.05) is 78.9 Å². The van der Waals surface area contributed by atoms with Crippen LogP contribution in [0.4, 0.5) is 0 Å². The summed E-state index contributed by atoms with van der Waals surface area (Å²) in [7, 11) is 0. The molecule has 0 amide bonds. The normalized spacial score (nSPS) is 13.5. The molecule has 1 heterocycles. The molecule has 0 bridgehead atoms. The van der Waals surface area contributed by atoms with E-state index in [1.807, 2.05) is 59.5 Å². The van der Waals surface area contributed by atoms with Crippen molar-refractivity contribution in [2.24, 2.45) is 0 Å². The lowest BCUT2D eigenvalue weighted by molar-refractivity contribution is 0.0951. The Kier molecular flexibility index (Phi) is 5.11. The first-order valence-electron chi connectivity index (χ1n) is 10.7. The van der Waals surface area contributed by atoms with E-state index in [1.54, 1.807) is 24.3 Å². The van der Waals surface area contributed by atoms with Crippen LogP contribution in [0.15, 0.2) is 84.6 Å². The molecule has 0 fully saturated rings. The molecule has 0 saturated carbocycles. The summed E-state index contributed by atoms with van der Waals surface area (Å²) in [5.74, 6) is -0.390. The zero-order chi connectivity index (χ0) is 22.1. The summed E-state index contributed by atoms with van der Waals surface area (Å²) in [5, 5.41) is 8.52. The monoisotopic (exact) mass is 422 g/mol. The van der Waals surface area contributed by atoms with Gasteiger partial charge >= 0.3 is 0 Å². The molecule has 0 atom stereocenters. The SMILES string of the molecule is CCCN(Cc1ccccc1)C1=C(n2nnc3ccccc32)C(=O)c2ccccc2C1=O. The molecule has 0 unspecified atom stereocenters. The molecule has 1 aliphatic rings. The van der Waals surface area contributed by atoms with Gasteiger partial charge in [-0.3, -0.25) is 9.59 Å². The van der Waals surface area contributed by atoms with E-state index in [-0.39, 0.29) is 17.3 Å². The van der Waals surface area contributed by atoms with Gasteiger partial charge in [0.1, 0.15) is 16.9 Å². The molecule has 0 aliphatic heterocycles. The van der Waals surface area contributed by atoms with Crippen LogP contribution in [-0.2, 0) is 6.54 Å². The maximum absolute atomic E-state index is 13.8. The number of benzene rings is 3. The van der Waals surface area contributed by atoms with Gasteiger partial charge in [0, 0.05) is 24.2 Å². The maximum atomic E-state index is 13.8. The van der Waals surface area contributed by atoms with Crippen LogP contribution < -0.4 is 0 Å². The van der Waals surface area contributed by atoms with Crippen molar-refractivity contribution >= 4 is 28.3 Å². The van der Waals surface area contributed by atoms with Crippen LogP contribution in [0.1, 0.15) is 39.6 Å². The van der Waals surface area contributed by atoms with Crippen molar-refractivity contribution in [1.29, 1.82) is 0 Å². The standard InChI is InChI=1S/C26H22N4O2/c1-2-16-29(17-18-10-4-3-5-11-18)23-24(30-22-15-9-8-14-21(22)27-28-30)26(32)20-13-7-6-12-19(20)25(23)31/h3-15H,2,16-17H2,1H3. The Morgan fingerprint density at radius 1 is 0.812 bits per heavy atom. The summed E-state index contributed by atoms with van der Waals surface area (Å²) in [5.41, 5.74) is 3.87. The summed E-state index contributed by atoms with van der Waals surface area (Å²) in [4.78, 5) is 29.5. The highest BCUT2D eigenvalue weighted by atomic mass is 16.1. The minimum atomic E-state index is -0.222. The summed E-state index contributed by atoms with van der Waals surface area (Å²) in [6, 6.07) is 24.4. The number of ketones is 2. The Morgan fingerprint density at radius 3 is 2.22 bits per heavy atom. The van der Waals surface area contributed by atoms with Crippen LogP contribution >= 0.6 is 0 Å². The van der Waals surface area contributed by atoms with Crippen LogP contribution in [0.5, 0.6) is 0 Å². The predicted octanol–water partition coefficient (Wildman–Crippen LogP) is 4.59. The number of hydrogen-bond donors (Lipinski definition) is 0. The third-order valence-electron chi connectivity index (χ3n) is 5.66. The summed E-state index contributed by atoms with van der Waals surface area (Å²) in [6.07, 6.45) is 0.824. The van der Waals surface area contributed by atoms with Crippen LogP contribution in [0.3, 0.4) is 0 Å². The first-order chi connectivity index (χ1) is 15.7. The number of carbonyl (C=O) groups excluding carboxylic acids is 2. The third-order valence-corrected chi connectivity index (χ3v) is 5.66. The van der Waals surface area contributed by atoms with Gasteiger partial charge in [-0.25, -0.2) is 4.68 Å². The molecule has 32 heavy (non-hydrogen) atoms. The van der Waals surface area contributed by atoms with Gasteiger partial charge in [-0.2, -0.15) is 0 Å². The number of carbonyl (C=O) groups is 2. The Morgan fingerprint density at radius 2 is 1.47 bits per heavy atom. The largest absolute Gasteiger partial charge is 0.362 e. The van der Waals surface area contributed by atoms with E-state index in [1.165, 1.54) is 4.68 Å². The van der Waals surface area contributed by atoms with Crippen LogP contribution in [-0.4, -0.2) is 38.0 Å². The van der Waals surface area contributed by atoms with Crippen molar-refractivity contribution in [3.8, 4) is 0 Å². The van der Waals surface area contributed by atoms with E-state index in [4.69, 9.17) is 0 Å². The fraction of sp³-hybridized carbons (Fsp3) is 0.154. The first kappa shape index (κ1) is 19.9. The van der Waals surface area contributed by atoms with Crippen molar-refractivity contribution in [2.75, 3.05) is 6.54 Å². The minimum absolute atomic E-state index is 0.167. The second kappa shape index (κ2) is 8.23. The summed E-state index contributed by atoms with van der Waals surface area (Å²) >= 11 is 0. The van der Waals surface area contributed by atoms with Crippen LogP contribution in [0.25, 0.3) is 16.7 Å². The molecule has 0 N–H and O–H groups in total. The first-order valence-corrected chi connectivity index (χ1v) is 10.7. The molecule has 3 aromatic carbocycles. The molecular formula is C26H22N4O2. The number of hydrogen-bond acceptors (Lipinski definition) is 5. The summed E-state index contributed by atoms with van der Waals surface area (Å²) < 4.78 is 1.52. The molecule has 1 aromatic heterocycles. The average molecular weight is 422 g/mol. The second-order valence-electron chi connectivity index (χ2n) is 7.80. The lowest BCUT2D eigenvalue weighted by Gasteiger charge is -2.31. The van der Waals surface area contributed by atoms with Crippen LogP contribution in [0.2, 0.25) is 0 Å². The molecule has 158 valence electrons. The zero-order valence-corrected chi connectivity index (χ0v) is 17.7. The van der Waals surface area contributed by atoms with E-state index in [2.05, 4.69) is 17.2 Å². The Labute approximate surface area is 185 Å². The molecule has 0 spiro atoms. The highest BCUT2D eigenvalue weighted by Gasteiger charge is 2.37. The quantitative estimate of drug-likeness (QED) is 0.455. The lowest BCUT2D eigenvalue weighted by atomic mass is 9.89. The number of para-hydroxylation sites is 1. The Bertz CT molecular complexity index is 1350. The predicted molar refractivity (Wildman–Crippen MR) is 123 cm³/mol. The number of rotatable bonds is 6. The van der Waals surface area contributed by atoms with Gasteiger partial charge in [-0.05, 0) is 24.1 Å². The van der Waals surface area contributed by atoms with Crippen LogP contribution in [0, 0.1) is 0 Å². The van der Waals surface area contributed by atoms with Gasteiger partial charge in [0.2, 0.25) is 11.6 Å². The second-order valence-corrected chi connectivity index (χ2v) is 7.80. The lowest BCUT2D eigenvalue weighted by Crippen LogP contribution is -2.35. The van der Waals surface area contributed by atoms with Gasteiger partial charge < -0.3 is 4.90 Å². The highest BCUT2D eigenvalue weighted by Crippen LogP contribution is 2.33. The van der Waals surface area contributed by atoms with E-state index >= 15 is 0 Å². The zero-order valence-electron chi connectivity index (χ0n) is 17.7. The Hall–Kier alpha value is -4.06. The fourth-order valence-corrected chi connectivity index (χ4v) is 4.22. The number of fused-ring (bicyclic) bond motifs is 2. The Balaban J connectivity index is 1.75. The van der Waals surface area contributed by atoms with E-state index in [0.29, 0.717) is 40.9 Å². The molecule has 0 radical (unpaired) electrons. The van der Waals surface area contributed by atoms with Crippen molar-refractivity contribution in [3.63, 3.8) is 0 Å². The fourth-order valence-electron chi connectivity index (χ4n) is 4.22. The van der Waals surface area contributed by atoms with Gasteiger partial charge in [0.15, 0.2) is 0 Å². The van der Waals surface area contributed by atoms with Crippen molar-refractivity contribution in [2.45, 2.75) is 19.9 Å². The van der Waals surface area contributed by atoms with Crippen molar-refractivity contribution < 1.29 is 9.59 Å². The average Bonchev–Trinajstić information content (AvgIpc) is 3.25. The molecule has 6 heteroatoms. The smallest absolute Gasteiger partial charge is 0.214 e. The van der Waals surface area contributed by atoms with Gasteiger partial charge in [0.25, 0.3) is 0 Å². The van der Waals surface area contributed by atoms with Crippen molar-refractivity contribution in [3.05, 3.63) is 101 Å². The molecule has 5 rings (SSSR count). The molecule has 1 aliphatic carbocycles. The highest BCUT2D eigenvalue weighted by molar-refractivity contribution is 6.37. The van der Waals surface area contributed by atoms with Gasteiger partial charge in [-0.15, -0.1) is 5.10 Å². The third kappa shape index (κ3) is 3.30. The molecule has 6 nitrogen and oxygen atoms in total. The number of nitrogens with zero attached hydrogens (tertiary/aromatic N) is 4.